The number of carbonyl (C=O) groups excluding carboxylic acids is 3. The molecule has 2 N–H and O–H groups in total. The van der Waals surface area contributed by atoms with Crippen molar-refractivity contribution in [2.75, 3.05) is 5.32 Å². The molecule has 0 aliphatic carbocycles. The van der Waals surface area contributed by atoms with Crippen LogP contribution < -0.4 is 15.4 Å². The van der Waals surface area contributed by atoms with Crippen molar-refractivity contribution in [1.82, 2.24) is 5.32 Å². The molecular formula is C31H20BrCl2FN2O4. The molecule has 0 saturated carbocycles. The van der Waals surface area contributed by atoms with Crippen LogP contribution in [0.15, 0.2) is 89.4 Å². The number of fused-ring (bicyclic) bond motifs is 2. The van der Waals surface area contributed by atoms with Gasteiger partial charge in [-0.3, -0.25) is 14.4 Å². The highest BCUT2D eigenvalue weighted by atomic mass is 79.9. The predicted molar refractivity (Wildman–Crippen MR) is 158 cm³/mol. The lowest BCUT2D eigenvalue weighted by Gasteiger charge is -2.46. The third-order valence-corrected chi connectivity index (χ3v) is 8.56. The van der Waals surface area contributed by atoms with E-state index in [4.69, 9.17) is 27.9 Å². The minimum atomic E-state index is -1.55. The number of amides is 2. The van der Waals surface area contributed by atoms with E-state index in [1.54, 1.807) is 48.5 Å². The van der Waals surface area contributed by atoms with Crippen molar-refractivity contribution < 1.29 is 23.5 Å². The van der Waals surface area contributed by atoms with Crippen LogP contribution in [0.4, 0.5) is 10.1 Å². The number of nitrogens with one attached hydrogen (secondary N) is 2. The lowest BCUT2D eigenvalue weighted by molar-refractivity contribution is -0.131. The number of hydrogen-bond acceptors (Lipinski definition) is 4. The highest BCUT2D eigenvalue weighted by Gasteiger charge is 2.61. The lowest BCUT2D eigenvalue weighted by Crippen LogP contribution is -2.56. The standard InChI is InChI=1S/C31H20BrCl2FN2O4/c32-18-6-11-26(41-21-8-4-16(5-9-21)29(35)39)22(13-18)28-31(23-10-7-20(34)14-25(23)36-30(31)40)24(15-27(38)37-28)17-2-1-3-19(33)12-17/h1-14,24,28H,15H2,(H,36,40)(H,37,38)/t24-,28+,31?/m0/s1. The fraction of sp³-hybridized carbons (Fsp3) is 0.129. The molecule has 6 rings (SSSR count). The number of piperidine rings is 1. The van der Waals surface area contributed by atoms with Gasteiger partial charge in [-0.1, -0.05) is 57.3 Å². The van der Waals surface area contributed by atoms with Gasteiger partial charge >= 0.3 is 6.04 Å². The molecule has 6 nitrogen and oxygen atoms in total. The van der Waals surface area contributed by atoms with E-state index < -0.39 is 23.4 Å². The maximum absolute atomic E-state index is 14.3. The van der Waals surface area contributed by atoms with E-state index in [1.807, 2.05) is 12.1 Å². The molecule has 2 heterocycles. The molecule has 1 saturated heterocycles. The van der Waals surface area contributed by atoms with Gasteiger partial charge in [-0.2, -0.15) is 4.39 Å². The Balaban J connectivity index is 1.56. The Labute approximate surface area is 252 Å². The second kappa shape index (κ2) is 10.6. The monoisotopic (exact) mass is 652 g/mol. The SMILES string of the molecule is O=C1C[C@@H](c2cccc(Cl)c2)C2(C(=O)Nc3cc(Cl)ccc32)[C@@H](c2cc(Br)ccc2Oc2ccc(C(=O)F)cc2)N1. The van der Waals surface area contributed by atoms with E-state index in [-0.39, 0.29) is 23.8 Å². The molecule has 0 bridgehead atoms. The fourth-order valence-corrected chi connectivity index (χ4v) is 6.64. The molecule has 2 aliphatic heterocycles. The van der Waals surface area contributed by atoms with Gasteiger partial charge in [-0.25, -0.2) is 0 Å². The van der Waals surface area contributed by atoms with E-state index in [0.29, 0.717) is 42.8 Å². The Morgan fingerprint density at radius 3 is 2.44 bits per heavy atom. The van der Waals surface area contributed by atoms with Crippen LogP contribution in [-0.2, 0) is 15.0 Å². The van der Waals surface area contributed by atoms with Crippen molar-refractivity contribution >= 4 is 62.7 Å². The molecule has 0 aromatic heterocycles. The van der Waals surface area contributed by atoms with E-state index in [0.717, 1.165) is 5.56 Å². The summed E-state index contributed by atoms with van der Waals surface area (Å²) in [6, 6.07) is 20.8. The summed E-state index contributed by atoms with van der Waals surface area (Å²) in [6.45, 7) is 0. The van der Waals surface area contributed by atoms with Gasteiger partial charge in [0.15, 0.2) is 0 Å². The molecule has 206 valence electrons. The van der Waals surface area contributed by atoms with Gasteiger partial charge in [0.2, 0.25) is 11.8 Å². The van der Waals surface area contributed by atoms with Crippen LogP contribution in [0, 0.1) is 0 Å². The minimum Gasteiger partial charge on any atom is -0.457 e. The van der Waals surface area contributed by atoms with Crippen molar-refractivity contribution in [2.45, 2.75) is 23.8 Å². The van der Waals surface area contributed by atoms with Gasteiger partial charge in [0, 0.05) is 38.1 Å². The van der Waals surface area contributed by atoms with E-state index in [2.05, 4.69) is 26.6 Å². The Bertz CT molecular complexity index is 1730. The van der Waals surface area contributed by atoms with Crippen molar-refractivity contribution in [2.24, 2.45) is 0 Å². The average Bonchev–Trinajstić information content (AvgIpc) is 3.22. The van der Waals surface area contributed by atoms with Crippen LogP contribution in [0.3, 0.4) is 0 Å². The van der Waals surface area contributed by atoms with Gasteiger partial charge in [-0.15, -0.1) is 0 Å². The average molecular weight is 654 g/mol. The maximum atomic E-state index is 14.3. The zero-order chi connectivity index (χ0) is 28.9. The van der Waals surface area contributed by atoms with E-state index in [1.165, 1.54) is 24.3 Å². The van der Waals surface area contributed by atoms with Crippen molar-refractivity contribution in [3.63, 3.8) is 0 Å². The molecule has 4 aromatic carbocycles. The second-order valence-electron chi connectivity index (χ2n) is 9.91. The van der Waals surface area contributed by atoms with Crippen molar-refractivity contribution in [1.29, 1.82) is 0 Å². The number of benzene rings is 4. The first-order valence-corrected chi connectivity index (χ1v) is 14.1. The number of rotatable bonds is 5. The summed E-state index contributed by atoms with van der Waals surface area (Å²) in [4.78, 5) is 38.7. The Morgan fingerprint density at radius 2 is 1.71 bits per heavy atom. The molecule has 1 unspecified atom stereocenters. The van der Waals surface area contributed by atoms with Gasteiger partial charge in [0.1, 0.15) is 16.9 Å². The molecule has 0 radical (unpaired) electrons. The van der Waals surface area contributed by atoms with Gasteiger partial charge in [0.25, 0.3) is 0 Å². The summed E-state index contributed by atoms with van der Waals surface area (Å²) in [7, 11) is 0. The maximum Gasteiger partial charge on any atom is 0.332 e. The highest BCUT2D eigenvalue weighted by molar-refractivity contribution is 9.10. The summed E-state index contributed by atoms with van der Waals surface area (Å²) in [5, 5.41) is 7.02. The molecule has 3 atom stereocenters. The van der Waals surface area contributed by atoms with Gasteiger partial charge in [-0.05, 0) is 77.9 Å². The zero-order valence-corrected chi connectivity index (χ0v) is 24.2. The number of anilines is 1. The van der Waals surface area contributed by atoms with Crippen LogP contribution in [0.5, 0.6) is 11.5 Å². The molecule has 4 aromatic rings. The van der Waals surface area contributed by atoms with Crippen LogP contribution >= 0.6 is 39.1 Å². The molecule has 1 fully saturated rings. The third kappa shape index (κ3) is 4.80. The molecule has 1 spiro atoms. The normalized spacial score (nSPS) is 21.3. The number of carbonyl (C=O) groups is 3. The molecule has 2 aliphatic rings. The summed E-state index contributed by atoms with van der Waals surface area (Å²) in [5.41, 5.74) is 1.09. The number of halogens is 4. The van der Waals surface area contributed by atoms with Crippen molar-refractivity contribution in [3.05, 3.63) is 122 Å². The molecular weight excluding hydrogens is 634 g/mol. The first kappa shape index (κ1) is 27.4. The summed E-state index contributed by atoms with van der Waals surface area (Å²) >= 11 is 16.2. The fourth-order valence-electron chi connectivity index (χ4n) is 5.89. The van der Waals surface area contributed by atoms with E-state index in [9.17, 15) is 18.8 Å². The molecule has 2 amide bonds. The predicted octanol–water partition coefficient (Wildman–Crippen LogP) is 7.89. The third-order valence-electron chi connectivity index (χ3n) is 7.59. The Morgan fingerprint density at radius 1 is 0.951 bits per heavy atom. The summed E-state index contributed by atoms with van der Waals surface area (Å²) < 4.78 is 20.1. The van der Waals surface area contributed by atoms with Gasteiger partial charge < -0.3 is 15.4 Å². The van der Waals surface area contributed by atoms with Crippen molar-refractivity contribution in [3.8, 4) is 11.5 Å². The van der Waals surface area contributed by atoms with Gasteiger partial charge in [0.05, 0.1) is 11.6 Å². The minimum absolute atomic E-state index is 0.0369. The topological polar surface area (TPSA) is 84.5 Å². The van der Waals surface area contributed by atoms with Crippen LogP contribution in [0.1, 0.15) is 45.4 Å². The quantitative estimate of drug-likeness (QED) is 0.215. The van der Waals surface area contributed by atoms with Crippen LogP contribution in [0.25, 0.3) is 0 Å². The Hall–Kier alpha value is -3.72. The van der Waals surface area contributed by atoms with Crippen LogP contribution in [0.2, 0.25) is 10.0 Å². The summed E-state index contributed by atoms with van der Waals surface area (Å²) in [6.07, 6.45) is 0.0369. The highest BCUT2D eigenvalue weighted by Crippen LogP contribution is 2.58. The number of ether oxygens (including phenoxy) is 1. The first-order valence-electron chi connectivity index (χ1n) is 12.6. The second-order valence-corrected chi connectivity index (χ2v) is 11.7. The van der Waals surface area contributed by atoms with E-state index >= 15 is 0 Å². The summed E-state index contributed by atoms with van der Waals surface area (Å²) in [5.74, 6) is -0.452. The van der Waals surface area contributed by atoms with Crippen LogP contribution in [-0.4, -0.2) is 17.9 Å². The first-order chi connectivity index (χ1) is 19.7. The Kier molecular flexibility index (Phi) is 7.09. The smallest absolute Gasteiger partial charge is 0.332 e. The number of hydrogen-bond donors (Lipinski definition) is 2. The zero-order valence-electron chi connectivity index (χ0n) is 21.1. The lowest BCUT2D eigenvalue weighted by atomic mass is 9.59. The molecule has 10 heteroatoms. The molecule has 41 heavy (non-hydrogen) atoms. The largest absolute Gasteiger partial charge is 0.457 e.